The summed E-state index contributed by atoms with van der Waals surface area (Å²) in [5.74, 6) is -8.21. The molecule has 0 bridgehead atoms. The molecule has 0 saturated heterocycles. The van der Waals surface area contributed by atoms with E-state index in [4.69, 9.17) is 168 Å². The zero-order valence-corrected chi connectivity index (χ0v) is 90.1. The van der Waals surface area contributed by atoms with Crippen LogP contribution >= 0.6 is 105 Å². The Morgan fingerprint density at radius 2 is 0.716 bits per heavy atom. The minimum Gasteiger partial charge on any atom is -0.497 e. The lowest BCUT2D eigenvalue weighted by molar-refractivity contribution is -0.386. The van der Waals surface area contributed by atoms with E-state index < -0.39 is 199 Å². The van der Waals surface area contributed by atoms with E-state index in [2.05, 4.69) is 61.5 Å². The van der Waals surface area contributed by atoms with Crippen molar-refractivity contribution >= 4 is 210 Å². The number of aromatic carboxylic acids is 1. The number of aliphatic hydroxyl groups is 3. The minimum atomic E-state index is -4.67. The number of nitrogens with zero attached hydrogens (tertiary/aromatic N) is 7. The number of amides is 1. The molecule has 0 saturated carbocycles. The number of carbonyl (C=O) groups excluding carboxylic acids is 4. The third-order valence-corrected chi connectivity index (χ3v) is 15.6. The first-order valence-corrected chi connectivity index (χ1v) is 48.2. The molecule has 1 amide bonds. The Morgan fingerprint density at radius 3 is 1.02 bits per heavy atom. The highest BCUT2D eigenvalue weighted by Gasteiger charge is 2.33. The van der Waals surface area contributed by atoms with Crippen LogP contribution in [0.3, 0.4) is 0 Å². The molecule has 1 aliphatic rings. The van der Waals surface area contributed by atoms with Crippen molar-refractivity contribution in [2.24, 2.45) is 5.92 Å². The number of aryl methyl sites for hydroxylation is 3. The summed E-state index contributed by atoms with van der Waals surface area (Å²) in [4.78, 5) is 138. The number of alkyl halides is 5. The number of fused-ring (bicyclic) bond motifs is 1. The van der Waals surface area contributed by atoms with E-state index in [1.165, 1.54) is 125 Å². The SMILES string of the molecule is BrB(Br)Br.CCO.CCO.COc1ccc([N+](=O)[O-])c(C(=O)O)c1.ClCCl.ClCCl.O=S(=O)(O)O.[2H]C([2H])(CC(=O)O)c1cc(OC)ccc1[N+](=O)[O-].[2H]C([2H])(CC(=O)OCC)c1cc(OC)ccc1[N+](=O)[O-].[2H]C([2H])(Cl)c1cc(OC)ccc1[N+](=O)[O-].[2H]C([2H])(O)c1cc(OC)ccc1[N+](=O)[O-].[2H]C([2H])(OS(C)(=O)=O)c1cc(OC)ccc1[N+](=O)[O-].[2H]C([2H])(c1cc(OC)ccc1[N+](=O)[O-])C(C(=O)OCC)C(=O)OCC.[2H]C1([2H])CC(=O)Nc2ccc(OC)cc21. The Balaban J connectivity index is -0.000000567. The zero-order chi connectivity index (χ0) is 127. The number of rotatable bonds is 34. The van der Waals surface area contributed by atoms with Gasteiger partial charge in [-0.25, -0.2) is 4.79 Å². The van der Waals surface area contributed by atoms with Gasteiger partial charge in [0, 0.05) is 129 Å². The Morgan fingerprint density at radius 1 is 0.446 bits per heavy atom. The monoisotopic (exact) mass is 2440 g/mol. The van der Waals surface area contributed by atoms with Crippen LogP contribution in [0, 0.1) is 76.7 Å². The molecular formula is C86H109BBr3Cl5N8O43S2. The summed E-state index contributed by atoms with van der Waals surface area (Å²) >= 11 is 33.8. The number of nitrogens with one attached hydrogen (secondary N) is 1. The Hall–Kier alpha value is -12.6. The van der Waals surface area contributed by atoms with Crippen molar-refractivity contribution in [3.05, 3.63) is 261 Å². The summed E-state index contributed by atoms with van der Waals surface area (Å²) in [6.07, 6.45) is -9.90. The predicted octanol–water partition coefficient (Wildman–Crippen LogP) is 17.4. The lowest BCUT2D eigenvalue weighted by Crippen LogP contribution is -2.30. The number of carbonyl (C=O) groups is 6. The molecule has 1 heterocycles. The number of aliphatic carboxylic acids is 1. The van der Waals surface area contributed by atoms with Crippen molar-refractivity contribution in [2.45, 2.75) is 98.3 Å². The average Bonchev–Trinajstić information content (AvgIpc) is 0.771. The van der Waals surface area contributed by atoms with Gasteiger partial charge in [0.25, 0.3) is 49.9 Å². The molecule has 9 rings (SSSR count). The van der Waals surface area contributed by atoms with Gasteiger partial charge in [-0.2, -0.15) is 16.8 Å². The Kier molecular flexibility index (Phi) is 65.3. The van der Waals surface area contributed by atoms with Crippen molar-refractivity contribution in [1.29, 1.82) is 0 Å². The fourth-order valence-corrected chi connectivity index (χ4v) is 9.59. The number of benzene rings is 8. The Labute approximate surface area is 918 Å². The molecule has 0 radical (unpaired) electrons. The van der Waals surface area contributed by atoms with Crippen LogP contribution in [0.15, 0.2) is 146 Å². The first kappa shape index (κ1) is 117. The number of carboxylic acid groups (broad SMARTS) is 2. The van der Waals surface area contributed by atoms with Crippen LogP contribution in [0.1, 0.15) is 122 Å². The fourth-order valence-electron chi connectivity index (χ4n) is 9.19. The van der Waals surface area contributed by atoms with Gasteiger partial charge < -0.3 is 83.0 Å². The molecule has 8 aromatic rings. The number of halogens is 8. The molecule has 62 heteroatoms. The summed E-state index contributed by atoms with van der Waals surface area (Å²) in [6, 6.07) is 29.7. The van der Waals surface area contributed by atoms with Crippen LogP contribution in [0.4, 0.5) is 45.5 Å². The normalized spacial score (nSPS) is 12.4. The van der Waals surface area contributed by atoms with Crippen LogP contribution in [0.2, 0.25) is 0 Å². The van der Waals surface area contributed by atoms with Gasteiger partial charge in [-0.05, 0) is 156 Å². The standard InChI is InChI=1S/C15H19NO7.C12H15NO5.C10H11NO5.C10H11NO2.C9H11NO6S.C8H8ClNO3.C8H7NO5.C8H9NO4.2C2H6O.2CH2Cl2.BBr3.H2O4S/c1-4-22-14(17)12(15(18)23-5-2)9-10-8-11(21-3)6-7-13(10)16(19)20;1-3-18-12(14)7-4-9-8-10(17-2)5-6-11(9)13(15)16;1-16-8-3-4-9(11(14)15)7(6-8)2-5-10(12)13;1-13-8-3-4-9-7(6-8)2-5-10(12)11-9;1-15-8-3-4-9(10(11)12)7(5-8)6-16-17(2,13)14;1-13-7-2-3-8(10(11)12)6(4-7)5-9;1-14-5-2-3-7(9(12)13)6(4-5)8(10)11;1-13-7-2-3-8(9(11)12)6(4-7)5-10;2*1-2-3;2*2-1-3;2-1(3)4;1-5(2,3)4/h6-8,12H,4-5,9H2,1-3H3;5-6,8H,3-4,7H2,1-2H3;3-4,6H,2,5H2,1H3,(H,12,13);3-4,6H,2,5H2,1H3,(H,11,12);3-5H,6H2,1-2H3;2-4H,5H2,1H3;2-4H,1H3,(H,10,11);2-4,10H,5H2,1H3;2*3H,2H2,1H3;2*1H2;;(H2,1,2,3,4)/i9D2;4D2;2*2D2;6D2;5D2;;5D2;;;;;;. The first-order chi connectivity index (χ1) is 74.5. The highest BCUT2D eigenvalue weighted by atomic mass is 79.9. The minimum absolute atomic E-state index is 0.0922. The molecule has 8 N–H and O–H groups in total. The van der Waals surface area contributed by atoms with Crippen LogP contribution in [0.25, 0.3) is 0 Å². The highest BCUT2D eigenvalue weighted by Crippen LogP contribution is 2.33. The smallest absolute Gasteiger partial charge is 0.394 e. The number of esters is 3. The molecular weight excluding hydrogens is 2320 g/mol. The third kappa shape index (κ3) is 65.2. The molecule has 0 aromatic heterocycles. The van der Waals surface area contributed by atoms with Gasteiger partial charge in [0.2, 0.25) is 5.91 Å². The van der Waals surface area contributed by atoms with E-state index in [9.17, 15) is 108 Å². The van der Waals surface area contributed by atoms with Gasteiger partial charge in [0.1, 0.15) is 51.6 Å². The molecule has 8 aromatic carbocycles. The number of anilines is 1. The van der Waals surface area contributed by atoms with Crippen LogP contribution < -0.4 is 43.2 Å². The average molecular weight is 2450 g/mol. The second-order valence-electron chi connectivity index (χ2n) is 24.7. The Bertz CT molecular complexity index is 6360. The number of ether oxygens (including phenoxy) is 11. The maximum Gasteiger partial charge on any atom is 0.394 e. The van der Waals surface area contributed by atoms with Gasteiger partial charge in [-0.1, -0.05) is 0 Å². The van der Waals surface area contributed by atoms with E-state index in [0.717, 1.165) is 72.8 Å². The van der Waals surface area contributed by atoms with Crippen molar-refractivity contribution in [1.82, 2.24) is 0 Å². The lowest BCUT2D eigenvalue weighted by atomic mass is 9.98. The third-order valence-electron chi connectivity index (χ3n) is 15.0. The number of nitro groups is 7. The maximum atomic E-state index is 12.2. The molecule has 822 valence electrons. The second kappa shape index (κ2) is 82.4. The van der Waals surface area contributed by atoms with E-state index in [1.54, 1.807) is 39.0 Å². The van der Waals surface area contributed by atoms with E-state index in [1.807, 2.05) is 0 Å². The van der Waals surface area contributed by atoms with Gasteiger partial charge in [-0.3, -0.25) is 108 Å². The fraction of sp³-hybridized carbons (Fsp3) is 0.372. The van der Waals surface area contributed by atoms with Crippen molar-refractivity contribution in [3.63, 3.8) is 0 Å². The summed E-state index contributed by atoms with van der Waals surface area (Å²) in [5, 5.41) is 120. The summed E-state index contributed by atoms with van der Waals surface area (Å²) in [6.45, 7) is 2.74. The van der Waals surface area contributed by atoms with Gasteiger partial charge in [-0.15, -0.1) is 105 Å². The molecule has 0 aliphatic carbocycles. The summed E-state index contributed by atoms with van der Waals surface area (Å²) < 4.78 is 218. The molecule has 1 aliphatic heterocycles. The molecule has 0 spiro atoms. The van der Waals surface area contributed by atoms with E-state index >= 15 is 0 Å². The van der Waals surface area contributed by atoms with Crippen molar-refractivity contribution in [3.8, 4) is 46.0 Å². The topological polar surface area (TPSA) is 737 Å². The number of aliphatic hydroxyl groups excluding tert-OH is 2. The van der Waals surface area contributed by atoms with E-state index in [0.29, 0.717) is 29.0 Å². The number of carboxylic acids is 2. The highest BCUT2D eigenvalue weighted by molar-refractivity contribution is 9.69. The van der Waals surface area contributed by atoms with E-state index in [-0.39, 0.29) is 122 Å². The molecule has 148 heavy (non-hydrogen) atoms. The van der Waals surface area contributed by atoms with Gasteiger partial charge in [0.15, 0.2) is 5.92 Å². The lowest BCUT2D eigenvalue weighted by Gasteiger charge is -2.16. The maximum absolute atomic E-state index is 12.2. The quantitative estimate of drug-likeness (QED) is 0.00214. The molecule has 0 unspecified atom stereocenters. The van der Waals surface area contributed by atoms with Crippen molar-refractivity contribution in [2.75, 3.05) is 112 Å². The largest absolute Gasteiger partial charge is 0.497 e. The molecule has 0 fully saturated rings. The van der Waals surface area contributed by atoms with Crippen LogP contribution in [0.5, 0.6) is 46.0 Å². The predicted molar refractivity (Wildman–Crippen MR) is 556 cm³/mol. The van der Waals surface area contributed by atoms with Gasteiger partial charge >= 0.3 is 43.4 Å². The summed E-state index contributed by atoms with van der Waals surface area (Å²) in [7, 11) is 2.10. The van der Waals surface area contributed by atoms with Crippen molar-refractivity contribution < 1.29 is 190 Å². The molecule has 51 nitrogen and oxygen atoms in total. The molecule has 0 atom stereocenters. The summed E-state index contributed by atoms with van der Waals surface area (Å²) in [5.41, 5.74) is -4.93. The van der Waals surface area contributed by atoms with Crippen LogP contribution in [-0.2, 0) is 107 Å². The van der Waals surface area contributed by atoms with Gasteiger partial charge in [0.05, 0.1) is 164 Å². The first-order valence-electron chi connectivity index (χ1n) is 46.7. The number of hydrogen-bond acceptors (Lipinski definition) is 39. The number of methoxy groups -OCH3 is 8. The number of nitro benzene ring substituents is 7. The number of hydrogen-bond donors (Lipinski definition) is 8. The zero-order valence-electron chi connectivity index (χ0n) is 93.9. The second-order valence-corrected chi connectivity index (χ2v) is 35.4. The van der Waals surface area contributed by atoms with Crippen LogP contribution in [-0.4, -0.2) is 232 Å².